The van der Waals surface area contributed by atoms with Crippen LogP contribution in [-0.4, -0.2) is 34.2 Å². The molecule has 2 aromatic rings. The number of para-hydroxylation sites is 1. The molecule has 1 aliphatic heterocycles. The van der Waals surface area contributed by atoms with E-state index >= 15 is 0 Å². The fourth-order valence-corrected chi connectivity index (χ4v) is 2.89. The number of nitrogens with zero attached hydrogens (tertiary/aromatic N) is 2. The molecule has 1 aromatic carbocycles. The van der Waals surface area contributed by atoms with Crippen LogP contribution in [0.3, 0.4) is 0 Å². The highest BCUT2D eigenvalue weighted by Gasteiger charge is 2.12. The van der Waals surface area contributed by atoms with E-state index in [0.29, 0.717) is 0 Å². The first-order valence-corrected chi connectivity index (χ1v) is 6.78. The van der Waals surface area contributed by atoms with Gasteiger partial charge in [0.05, 0.1) is 6.61 Å². The highest BCUT2D eigenvalue weighted by atomic mass is 16.3. The molecule has 0 radical (unpaired) electrons. The Hall–Kier alpha value is -1.32. The van der Waals surface area contributed by atoms with Gasteiger partial charge in [-0.25, -0.2) is 0 Å². The molecule has 0 saturated carbocycles. The van der Waals surface area contributed by atoms with Crippen LogP contribution in [0.25, 0.3) is 10.9 Å². The number of rotatable bonds is 4. The van der Waals surface area contributed by atoms with E-state index < -0.39 is 0 Å². The number of hydrogen-bond donors (Lipinski definition) is 1. The first-order chi connectivity index (χ1) is 8.88. The van der Waals surface area contributed by atoms with Gasteiger partial charge in [0.1, 0.15) is 0 Å². The second-order valence-corrected chi connectivity index (χ2v) is 5.07. The summed E-state index contributed by atoms with van der Waals surface area (Å²) in [7, 11) is 0. The monoisotopic (exact) mass is 244 g/mol. The smallest absolute Gasteiger partial charge is 0.0702 e. The Bertz CT molecular complexity index is 526. The Morgan fingerprint density at radius 1 is 1.06 bits per heavy atom. The van der Waals surface area contributed by atoms with E-state index in [-0.39, 0.29) is 6.61 Å². The Kier molecular flexibility index (Phi) is 3.35. The fraction of sp³-hybridized carbons (Fsp3) is 0.467. The van der Waals surface area contributed by atoms with Crippen molar-refractivity contribution in [2.75, 3.05) is 19.6 Å². The Morgan fingerprint density at radius 3 is 2.61 bits per heavy atom. The molecule has 1 fully saturated rings. The van der Waals surface area contributed by atoms with Gasteiger partial charge in [0, 0.05) is 35.8 Å². The van der Waals surface area contributed by atoms with Crippen LogP contribution in [0.2, 0.25) is 0 Å². The van der Waals surface area contributed by atoms with Crippen molar-refractivity contribution in [2.24, 2.45) is 0 Å². The predicted octanol–water partition coefficient (Wildman–Crippen LogP) is 2.23. The number of fused-ring (bicyclic) bond motifs is 1. The Balaban J connectivity index is 1.82. The number of hydrogen-bond acceptors (Lipinski definition) is 2. The first-order valence-electron chi connectivity index (χ1n) is 6.78. The molecule has 1 aromatic heterocycles. The molecule has 3 heteroatoms. The van der Waals surface area contributed by atoms with Gasteiger partial charge in [-0.1, -0.05) is 18.2 Å². The summed E-state index contributed by atoms with van der Waals surface area (Å²) in [5.74, 6) is 0. The summed E-state index contributed by atoms with van der Waals surface area (Å²) < 4.78 is 2.28. The molecule has 3 rings (SSSR count). The zero-order valence-electron chi connectivity index (χ0n) is 10.7. The van der Waals surface area contributed by atoms with Gasteiger partial charge in [0.15, 0.2) is 0 Å². The van der Waals surface area contributed by atoms with Crippen molar-refractivity contribution in [2.45, 2.75) is 26.0 Å². The van der Waals surface area contributed by atoms with E-state index in [9.17, 15) is 5.11 Å². The van der Waals surface area contributed by atoms with Crippen molar-refractivity contribution in [3.63, 3.8) is 0 Å². The highest BCUT2D eigenvalue weighted by molar-refractivity contribution is 5.83. The maximum atomic E-state index is 9.40. The largest absolute Gasteiger partial charge is 0.392 e. The third-order valence-electron chi connectivity index (χ3n) is 3.90. The van der Waals surface area contributed by atoms with Crippen molar-refractivity contribution >= 4 is 10.9 Å². The molecule has 18 heavy (non-hydrogen) atoms. The topological polar surface area (TPSA) is 28.4 Å². The molecular weight excluding hydrogens is 224 g/mol. The van der Waals surface area contributed by atoms with Crippen molar-refractivity contribution in [1.29, 1.82) is 0 Å². The van der Waals surface area contributed by atoms with E-state index in [1.54, 1.807) is 0 Å². The van der Waals surface area contributed by atoms with Gasteiger partial charge in [-0.3, -0.25) is 0 Å². The first kappa shape index (κ1) is 11.8. The van der Waals surface area contributed by atoms with Crippen molar-refractivity contribution in [3.8, 4) is 0 Å². The van der Waals surface area contributed by atoms with Gasteiger partial charge in [-0.05, 0) is 32.0 Å². The predicted molar refractivity (Wildman–Crippen MR) is 73.5 cm³/mol. The minimum atomic E-state index is 0.122. The van der Waals surface area contributed by atoms with E-state index in [2.05, 4.69) is 33.9 Å². The van der Waals surface area contributed by atoms with Crippen molar-refractivity contribution in [3.05, 3.63) is 36.0 Å². The lowest BCUT2D eigenvalue weighted by Crippen LogP contribution is -2.23. The second-order valence-electron chi connectivity index (χ2n) is 5.07. The summed E-state index contributed by atoms with van der Waals surface area (Å²) in [6, 6.07) is 8.33. The quantitative estimate of drug-likeness (QED) is 0.893. The number of aliphatic hydroxyl groups is 1. The highest BCUT2D eigenvalue weighted by Crippen LogP contribution is 2.21. The van der Waals surface area contributed by atoms with Gasteiger partial charge >= 0.3 is 0 Å². The van der Waals surface area contributed by atoms with Gasteiger partial charge in [0.25, 0.3) is 0 Å². The minimum Gasteiger partial charge on any atom is -0.392 e. The average Bonchev–Trinajstić information content (AvgIpc) is 3.04. The summed E-state index contributed by atoms with van der Waals surface area (Å²) in [5.41, 5.74) is 2.27. The van der Waals surface area contributed by atoms with E-state index in [0.717, 1.165) is 18.7 Å². The molecular formula is C15H20N2O. The van der Waals surface area contributed by atoms with Gasteiger partial charge < -0.3 is 14.6 Å². The number of aliphatic hydroxyl groups excluding tert-OH is 1. The molecule has 0 aliphatic carbocycles. The third kappa shape index (κ3) is 2.16. The SMILES string of the molecule is OCc1cn(CCN2CCCC2)c2ccccc12. The van der Waals surface area contributed by atoms with E-state index in [4.69, 9.17) is 0 Å². The molecule has 0 atom stereocenters. The lowest BCUT2D eigenvalue weighted by Gasteiger charge is -2.15. The molecule has 2 heterocycles. The molecule has 0 amide bonds. The molecule has 0 bridgehead atoms. The second kappa shape index (κ2) is 5.12. The third-order valence-corrected chi connectivity index (χ3v) is 3.90. The van der Waals surface area contributed by atoms with Crippen LogP contribution in [0.5, 0.6) is 0 Å². The van der Waals surface area contributed by atoms with Crippen molar-refractivity contribution in [1.82, 2.24) is 9.47 Å². The molecule has 3 nitrogen and oxygen atoms in total. The van der Waals surface area contributed by atoms with Gasteiger partial charge in [-0.2, -0.15) is 0 Å². The van der Waals surface area contributed by atoms with Crippen LogP contribution in [-0.2, 0) is 13.2 Å². The summed E-state index contributed by atoms with van der Waals surface area (Å²) in [5, 5.41) is 10.6. The lowest BCUT2D eigenvalue weighted by atomic mass is 10.2. The number of aromatic nitrogens is 1. The number of benzene rings is 1. The standard InChI is InChI=1S/C15H20N2O/c18-12-13-11-17(10-9-16-7-3-4-8-16)15-6-2-1-5-14(13)15/h1-2,5-6,11,18H,3-4,7-10,12H2. The summed E-state index contributed by atoms with van der Waals surface area (Å²) in [6.45, 7) is 4.74. The zero-order valence-corrected chi connectivity index (χ0v) is 10.7. The average molecular weight is 244 g/mol. The van der Waals surface area contributed by atoms with Gasteiger partial charge in [0.2, 0.25) is 0 Å². The molecule has 1 N–H and O–H groups in total. The van der Waals surface area contributed by atoms with Crippen LogP contribution in [0, 0.1) is 0 Å². The van der Waals surface area contributed by atoms with Crippen LogP contribution in [0.15, 0.2) is 30.5 Å². The lowest BCUT2D eigenvalue weighted by molar-refractivity contribution is 0.282. The van der Waals surface area contributed by atoms with Crippen LogP contribution >= 0.6 is 0 Å². The molecule has 96 valence electrons. The summed E-state index contributed by atoms with van der Waals surface area (Å²) in [4.78, 5) is 2.52. The Morgan fingerprint density at radius 2 is 1.83 bits per heavy atom. The Labute approximate surface area is 108 Å². The van der Waals surface area contributed by atoms with Crippen molar-refractivity contribution < 1.29 is 5.11 Å². The fourth-order valence-electron chi connectivity index (χ4n) is 2.89. The minimum absolute atomic E-state index is 0.122. The van der Waals surface area contributed by atoms with Crippen LogP contribution < -0.4 is 0 Å². The van der Waals surface area contributed by atoms with E-state index in [1.165, 1.54) is 36.8 Å². The van der Waals surface area contributed by atoms with E-state index in [1.807, 2.05) is 6.07 Å². The summed E-state index contributed by atoms with van der Waals surface area (Å²) >= 11 is 0. The zero-order chi connectivity index (χ0) is 12.4. The maximum Gasteiger partial charge on any atom is 0.0702 e. The molecule has 0 unspecified atom stereocenters. The molecule has 1 saturated heterocycles. The molecule has 0 spiro atoms. The molecule has 1 aliphatic rings. The number of likely N-dealkylation sites (tertiary alicyclic amines) is 1. The maximum absolute atomic E-state index is 9.40. The summed E-state index contributed by atoms with van der Waals surface area (Å²) in [6.07, 6.45) is 4.78. The normalized spacial score (nSPS) is 16.7. The van der Waals surface area contributed by atoms with Gasteiger partial charge in [-0.15, -0.1) is 0 Å². The van der Waals surface area contributed by atoms with Crippen LogP contribution in [0.1, 0.15) is 18.4 Å². The van der Waals surface area contributed by atoms with Crippen LogP contribution in [0.4, 0.5) is 0 Å².